The standard InChI is InChI=1S/C35H56O3/c1-6-8-9-10-27-11-17-31(18-12-27)32-19-14-28(15-20-32)13-16-30-21-22-33(23-29(30)7-2)34(24-37-5)25-38-35(36)26(3)4/h21-23,27-28,31-32,34H,3,6-20,24-25H2,1-2,4-5H3. The average molecular weight is 525 g/mol. The zero-order valence-electron chi connectivity index (χ0n) is 25.1. The van der Waals surface area contributed by atoms with Crippen molar-refractivity contribution in [2.24, 2.45) is 23.7 Å². The van der Waals surface area contributed by atoms with Gasteiger partial charge in [0.25, 0.3) is 0 Å². The number of carbonyl (C=O) groups excluding carboxylic acids is 1. The third-order valence-corrected chi connectivity index (χ3v) is 9.70. The summed E-state index contributed by atoms with van der Waals surface area (Å²) < 4.78 is 10.9. The number of rotatable bonds is 15. The van der Waals surface area contributed by atoms with E-state index in [4.69, 9.17) is 9.47 Å². The van der Waals surface area contributed by atoms with Crippen LogP contribution in [0.15, 0.2) is 30.4 Å². The molecule has 0 heterocycles. The lowest BCUT2D eigenvalue weighted by atomic mass is 9.68. The molecule has 3 rings (SSSR count). The summed E-state index contributed by atoms with van der Waals surface area (Å²) >= 11 is 0. The second-order valence-electron chi connectivity index (χ2n) is 12.5. The molecule has 1 aromatic carbocycles. The average Bonchev–Trinajstić information content (AvgIpc) is 2.94. The SMILES string of the molecule is C=C(C)C(=O)OCC(COC)c1ccc(CCC2CCC(C3CCC(CCCCC)CC3)CC2)c(CC)c1. The van der Waals surface area contributed by atoms with Crippen LogP contribution < -0.4 is 0 Å². The molecule has 1 aromatic rings. The Morgan fingerprint density at radius 2 is 1.53 bits per heavy atom. The molecule has 0 aromatic heterocycles. The second kappa shape index (κ2) is 16.5. The van der Waals surface area contributed by atoms with E-state index in [1.807, 2.05) is 0 Å². The van der Waals surface area contributed by atoms with Crippen LogP contribution in [0.4, 0.5) is 0 Å². The Balaban J connectivity index is 1.45. The highest BCUT2D eigenvalue weighted by Gasteiger charge is 2.30. The number of aryl methyl sites for hydroxylation is 2. The molecule has 3 heteroatoms. The van der Waals surface area contributed by atoms with Crippen molar-refractivity contribution < 1.29 is 14.3 Å². The van der Waals surface area contributed by atoms with Gasteiger partial charge in [0.1, 0.15) is 6.61 Å². The van der Waals surface area contributed by atoms with Crippen molar-refractivity contribution in [3.8, 4) is 0 Å². The summed E-state index contributed by atoms with van der Waals surface area (Å²) in [4.78, 5) is 11.9. The Bertz CT molecular complexity index is 843. The number of hydrogen-bond acceptors (Lipinski definition) is 3. The molecule has 0 spiro atoms. The van der Waals surface area contributed by atoms with Crippen molar-refractivity contribution in [2.45, 2.75) is 123 Å². The van der Waals surface area contributed by atoms with Crippen LogP contribution in [0, 0.1) is 23.7 Å². The van der Waals surface area contributed by atoms with Gasteiger partial charge in [0.15, 0.2) is 0 Å². The van der Waals surface area contributed by atoms with Gasteiger partial charge in [0.2, 0.25) is 0 Å². The highest BCUT2D eigenvalue weighted by atomic mass is 16.5. The molecule has 0 amide bonds. The molecule has 3 nitrogen and oxygen atoms in total. The van der Waals surface area contributed by atoms with Gasteiger partial charge in [-0.15, -0.1) is 0 Å². The minimum absolute atomic E-state index is 0.0457. The number of esters is 1. The first-order chi connectivity index (χ1) is 18.4. The predicted octanol–water partition coefficient (Wildman–Crippen LogP) is 9.22. The third kappa shape index (κ3) is 9.54. The molecule has 2 aliphatic carbocycles. The molecule has 0 N–H and O–H groups in total. The zero-order valence-corrected chi connectivity index (χ0v) is 25.1. The van der Waals surface area contributed by atoms with Crippen molar-refractivity contribution in [3.63, 3.8) is 0 Å². The summed E-state index contributed by atoms with van der Waals surface area (Å²) in [7, 11) is 1.71. The van der Waals surface area contributed by atoms with E-state index in [1.54, 1.807) is 14.0 Å². The molecule has 2 aliphatic rings. The molecule has 1 unspecified atom stereocenters. The zero-order chi connectivity index (χ0) is 27.3. The molecule has 2 saturated carbocycles. The van der Waals surface area contributed by atoms with E-state index in [9.17, 15) is 4.79 Å². The van der Waals surface area contributed by atoms with Crippen LogP contribution in [0.3, 0.4) is 0 Å². The maximum Gasteiger partial charge on any atom is 0.333 e. The van der Waals surface area contributed by atoms with Crippen LogP contribution in [-0.4, -0.2) is 26.3 Å². The van der Waals surface area contributed by atoms with Gasteiger partial charge in [-0.1, -0.05) is 90.0 Å². The minimum atomic E-state index is -0.330. The third-order valence-electron chi connectivity index (χ3n) is 9.70. The van der Waals surface area contributed by atoms with E-state index in [1.165, 1.54) is 107 Å². The molecule has 0 aliphatic heterocycles. The van der Waals surface area contributed by atoms with Crippen LogP contribution in [0.2, 0.25) is 0 Å². The maximum absolute atomic E-state index is 11.9. The van der Waals surface area contributed by atoms with Crippen LogP contribution in [0.1, 0.15) is 127 Å². The van der Waals surface area contributed by atoms with E-state index >= 15 is 0 Å². The fourth-order valence-electron chi connectivity index (χ4n) is 7.15. The Morgan fingerprint density at radius 3 is 2.08 bits per heavy atom. The van der Waals surface area contributed by atoms with Crippen LogP contribution in [-0.2, 0) is 27.1 Å². The first kappa shape index (κ1) is 30.9. The lowest BCUT2D eigenvalue weighted by Crippen LogP contribution is -2.26. The molecule has 1 atom stereocenters. The van der Waals surface area contributed by atoms with Crippen molar-refractivity contribution in [2.75, 3.05) is 20.3 Å². The highest BCUT2D eigenvalue weighted by Crippen LogP contribution is 2.43. The summed E-state index contributed by atoms with van der Waals surface area (Å²) in [5.41, 5.74) is 4.56. The molecule has 0 radical (unpaired) electrons. The van der Waals surface area contributed by atoms with Gasteiger partial charge in [0.05, 0.1) is 6.61 Å². The van der Waals surface area contributed by atoms with Crippen LogP contribution in [0.5, 0.6) is 0 Å². The van der Waals surface area contributed by atoms with Gasteiger partial charge in [-0.3, -0.25) is 0 Å². The topological polar surface area (TPSA) is 35.5 Å². The number of ether oxygens (including phenoxy) is 2. The summed E-state index contributed by atoms with van der Waals surface area (Å²) in [6.45, 7) is 10.8. The van der Waals surface area contributed by atoms with Crippen molar-refractivity contribution in [1.29, 1.82) is 0 Å². The Kier molecular flexibility index (Phi) is 13.4. The lowest BCUT2D eigenvalue weighted by Gasteiger charge is -2.38. The lowest BCUT2D eigenvalue weighted by molar-refractivity contribution is -0.139. The van der Waals surface area contributed by atoms with Gasteiger partial charge < -0.3 is 9.47 Å². The fourth-order valence-corrected chi connectivity index (χ4v) is 7.15. The molecule has 0 saturated heterocycles. The van der Waals surface area contributed by atoms with Gasteiger partial charge >= 0.3 is 5.97 Å². The largest absolute Gasteiger partial charge is 0.462 e. The molecule has 2 fully saturated rings. The van der Waals surface area contributed by atoms with E-state index in [0.717, 1.165) is 30.1 Å². The maximum atomic E-state index is 11.9. The first-order valence-corrected chi connectivity index (χ1v) is 15.9. The molecule has 38 heavy (non-hydrogen) atoms. The fraction of sp³-hybridized carbons (Fsp3) is 0.743. The summed E-state index contributed by atoms with van der Waals surface area (Å²) in [6, 6.07) is 6.87. The number of methoxy groups -OCH3 is 1. The minimum Gasteiger partial charge on any atom is -0.462 e. The van der Waals surface area contributed by atoms with Gasteiger partial charge in [-0.25, -0.2) is 4.79 Å². The number of carbonyl (C=O) groups is 1. The molecular weight excluding hydrogens is 468 g/mol. The van der Waals surface area contributed by atoms with Crippen molar-refractivity contribution in [3.05, 3.63) is 47.0 Å². The van der Waals surface area contributed by atoms with E-state index in [-0.39, 0.29) is 11.9 Å². The van der Waals surface area contributed by atoms with Gasteiger partial charge in [-0.2, -0.15) is 0 Å². The Labute approximate surface area is 234 Å². The summed E-state index contributed by atoms with van der Waals surface area (Å²) in [6.07, 6.45) is 21.1. The quantitative estimate of drug-likeness (QED) is 0.130. The monoisotopic (exact) mass is 524 g/mol. The van der Waals surface area contributed by atoms with Gasteiger partial charge in [0, 0.05) is 18.6 Å². The molecular formula is C35H56O3. The van der Waals surface area contributed by atoms with E-state index in [0.29, 0.717) is 18.8 Å². The Hall–Kier alpha value is -1.61. The summed E-state index contributed by atoms with van der Waals surface area (Å²) in [5.74, 6) is 3.66. The van der Waals surface area contributed by atoms with Crippen molar-refractivity contribution in [1.82, 2.24) is 0 Å². The van der Waals surface area contributed by atoms with E-state index in [2.05, 4.69) is 38.6 Å². The normalized spacial score (nSPS) is 24.6. The predicted molar refractivity (Wildman–Crippen MR) is 160 cm³/mol. The van der Waals surface area contributed by atoms with E-state index < -0.39 is 0 Å². The summed E-state index contributed by atoms with van der Waals surface area (Å²) in [5, 5.41) is 0. The van der Waals surface area contributed by atoms with Crippen molar-refractivity contribution >= 4 is 5.97 Å². The highest BCUT2D eigenvalue weighted by molar-refractivity contribution is 5.86. The van der Waals surface area contributed by atoms with Gasteiger partial charge in [-0.05, 0) is 92.2 Å². The molecule has 0 bridgehead atoms. The first-order valence-electron chi connectivity index (χ1n) is 15.9. The number of hydrogen-bond donors (Lipinski definition) is 0. The second-order valence-corrected chi connectivity index (χ2v) is 12.5. The van der Waals surface area contributed by atoms with Crippen LogP contribution in [0.25, 0.3) is 0 Å². The number of benzene rings is 1. The Morgan fingerprint density at radius 1 is 0.895 bits per heavy atom. The number of unbranched alkanes of at least 4 members (excludes halogenated alkanes) is 2. The molecule has 214 valence electrons. The van der Waals surface area contributed by atoms with Crippen LogP contribution >= 0.6 is 0 Å². The smallest absolute Gasteiger partial charge is 0.333 e.